The fourth-order valence-electron chi connectivity index (χ4n) is 0.648. The Morgan fingerprint density at radius 2 is 2.25 bits per heavy atom. The number of carbonyl (C=O) groups excluding carboxylic acids is 1. The molecule has 0 N–H and O–H groups in total. The van der Waals surface area contributed by atoms with E-state index in [1.54, 1.807) is 12.4 Å². The summed E-state index contributed by atoms with van der Waals surface area (Å²) >= 11 is 1.49. The van der Waals surface area contributed by atoms with Crippen molar-refractivity contribution >= 4 is 17.5 Å². The molecule has 0 spiro atoms. The summed E-state index contributed by atoms with van der Waals surface area (Å²) in [6, 6.07) is 3.75. The van der Waals surface area contributed by atoms with Crippen molar-refractivity contribution in [2.24, 2.45) is 0 Å². The molecule has 0 saturated heterocycles. The van der Waals surface area contributed by atoms with Gasteiger partial charge in [-0.1, -0.05) is 6.58 Å². The summed E-state index contributed by atoms with van der Waals surface area (Å²) in [7, 11) is 0. The van der Waals surface area contributed by atoms with Crippen molar-refractivity contribution in [3.8, 4) is 0 Å². The van der Waals surface area contributed by atoms with Crippen molar-refractivity contribution in [2.45, 2.75) is 4.90 Å². The molecular formula is C9H9NOS. The number of hydrogen-bond donors (Lipinski definition) is 0. The highest BCUT2D eigenvalue weighted by molar-refractivity contribution is 8.00. The summed E-state index contributed by atoms with van der Waals surface area (Å²) in [5, 5.41) is 0. The van der Waals surface area contributed by atoms with Crippen LogP contribution < -0.4 is 0 Å². The summed E-state index contributed by atoms with van der Waals surface area (Å²) in [6.07, 6.45) is 4.76. The zero-order valence-electron chi connectivity index (χ0n) is 6.56. The molecule has 1 aromatic heterocycles. The maximum Gasteiger partial charge on any atom is 0.165 e. The maximum atomic E-state index is 10.8. The lowest BCUT2D eigenvalue weighted by Crippen LogP contribution is -1.94. The number of hydrogen-bond acceptors (Lipinski definition) is 3. The van der Waals surface area contributed by atoms with Crippen molar-refractivity contribution in [1.82, 2.24) is 4.98 Å². The topological polar surface area (TPSA) is 30.0 Å². The van der Waals surface area contributed by atoms with Gasteiger partial charge < -0.3 is 0 Å². The second-order valence-corrected chi connectivity index (χ2v) is 3.19. The van der Waals surface area contributed by atoms with Gasteiger partial charge in [-0.05, 0) is 18.2 Å². The van der Waals surface area contributed by atoms with Gasteiger partial charge >= 0.3 is 0 Å². The predicted octanol–water partition coefficient (Wildman–Crippen LogP) is 1.93. The van der Waals surface area contributed by atoms with E-state index in [0.29, 0.717) is 5.75 Å². The van der Waals surface area contributed by atoms with E-state index in [-0.39, 0.29) is 5.78 Å². The third-order valence-electron chi connectivity index (χ3n) is 1.26. The zero-order chi connectivity index (χ0) is 8.81. The zero-order valence-corrected chi connectivity index (χ0v) is 7.38. The highest BCUT2D eigenvalue weighted by Crippen LogP contribution is 2.15. The molecule has 3 heteroatoms. The second-order valence-electron chi connectivity index (χ2n) is 2.14. The Labute approximate surface area is 75.7 Å². The Kier molecular flexibility index (Phi) is 3.54. The molecule has 1 aromatic rings. The summed E-state index contributed by atoms with van der Waals surface area (Å²) < 4.78 is 0. The van der Waals surface area contributed by atoms with Crippen LogP contribution in [0.2, 0.25) is 0 Å². The van der Waals surface area contributed by atoms with Crippen molar-refractivity contribution in [3.63, 3.8) is 0 Å². The highest BCUT2D eigenvalue weighted by atomic mass is 32.2. The first kappa shape index (κ1) is 9.00. The van der Waals surface area contributed by atoms with Crippen LogP contribution in [0.3, 0.4) is 0 Å². The summed E-state index contributed by atoms with van der Waals surface area (Å²) in [5.74, 6) is 0.505. The van der Waals surface area contributed by atoms with Gasteiger partial charge in [0.15, 0.2) is 5.78 Å². The third-order valence-corrected chi connectivity index (χ3v) is 2.29. The smallest absolute Gasteiger partial charge is 0.165 e. The predicted molar refractivity (Wildman–Crippen MR) is 50.2 cm³/mol. The van der Waals surface area contributed by atoms with E-state index in [2.05, 4.69) is 11.6 Å². The van der Waals surface area contributed by atoms with E-state index >= 15 is 0 Å². The average molecular weight is 179 g/mol. The number of thioether (sulfide) groups is 1. The Morgan fingerprint density at radius 1 is 1.58 bits per heavy atom. The van der Waals surface area contributed by atoms with Crippen LogP contribution in [0.25, 0.3) is 0 Å². The molecule has 0 aliphatic heterocycles. The molecule has 0 aliphatic carbocycles. The molecule has 0 aliphatic rings. The van der Waals surface area contributed by atoms with Gasteiger partial charge in [0.25, 0.3) is 0 Å². The lowest BCUT2D eigenvalue weighted by atomic mass is 10.5. The first-order chi connectivity index (χ1) is 5.83. The Morgan fingerprint density at radius 3 is 2.83 bits per heavy atom. The Balaban J connectivity index is 2.43. The number of ketones is 1. The van der Waals surface area contributed by atoms with Gasteiger partial charge in [-0.2, -0.15) is 0 Å². The van der Waals surface area contributed by atoms with E-state index in [0.717, 1.165) is 4.90 Å². The fourth-order valence-corrected chi connectivity index (χ4v) is 1.39. The summed E-state index contributed by atoms with van der Waals surface area (Å²) in [5.41, 5.74) is 0. The van der Waals surface area contributed by atoms with Crippen LogP contribution in [-0.4, -0.2) is 16.5 Å². The van der Waals surface area contributed by atoms with Crippen LogP contribution in [0, 0.1) is 0 Å². The van der Waals surface area contributed by atoms with Crippen molar-refractivity contribution in [3.05, 3.63) is 37.2 Å². The van der Waals surface area contributed by atoms with E-state index in [1.165, 1.54) is 17.8 Å². The molecule has 0 radical (unpaired) electrons. The van der Waals surface area contributed by atoms with Gasteiger partial charge in [0.2, 0.25) is 0 Å². The van der Waals surface area contributed by atoms with Gasteiger partial charge in [-0.3, -0.25) is 9.78 Å². The Hall–Kier alpha value is -1.09. The number of aromatic nitrogens is 1. The molecule has 62 valence electrons. The van der Waals surface area contributed by atoms with Crippen LogP contribution in [0.5, 0.6) is 0 Å². The standard InChI is InChI=1S/C9H9NOS/c1-2-8(11)7-12-9-3-5-10-6-4-9/h2-6H,1,7H2. The second kappa shape index (κ2) is 4.72. The fraction of sp³-hybridized carbons (Fsp3) is 0.111. The van der Waals surface area contributed by atoms with E-state index in [4.69, 9.17) is 0 Å². The van der Waals surface area contributed by atoms with Crippen LogP contribution in [-0.2, 0) is 4.79 Å². The summed E-state index contributed by atoms with van der Waals surface area (Å²) in [6.45, 7) is 3.40. The SMILES string of the molecule is C=CC(=O)CSc1ccncc1. The molecule has 0 unspecified atom stereocenters. The molecule has 2 nitrogen and oxygen atoms in total. The van der Waals surface area contributed by atoms with Crippen LogP contribution in [0.15, 0.2) is 42.1 Å². The summed E-state index contributed by atoms with van der Waals surface area (Å²) in [4.78, 5) is 15.8. The van der Waals surface area contributed by atoms with Gasteiger partial charge in [0, 0.05) is 17.3 Å². The van der Waals surface area contributed by atoms with E-state index < -0.39 is 0 Å². The number of rotatable bonds is 4. The molecule has 0 fully saturated rings. The average Bonchev–Trinajstić information content (AvgIpc) is 2.16. The van der Waals surface area contributed by atoms with E-state index in [1.807, 2.05) is 12.1 Å². The number of carbonyl (C=O) groups is 1. The Bertz CT molecular complexity index is 271. The molecule has 1 rings (SSSR count). The van der Waals surface area contributed by atoms with Crippen LogP contribution in [0.1, 0.15) is 0 Å². The van der Waals surface area contributed by atoms with Gasteiger partial charge in [-0.15, -0.1) is 11.8 Å². The molecule has 0 amide bonds. The van der Waals surface area contributed by atoms with Gasteiger partial charge in [0.1, 0.15) is 0 Å². The molecule has 0 saturated carbocycles. The molecular weight excluding hydrogens is 170 g/mol. The molecule has 0 atom stereocenters. The molecule has 0 aromatic carbocycles. The maximum absolute atomic E-state index is 10.8. The number of pyridine rings is 1. The quantitative estimate of drug-likeness (QED) is 0.522. The minimum atomic E-state index is 0.0526. The molecule has 0 bridgehead atoms. The van der Waals surface area contributed by atoms with Crippen LogP contribution in [0.4, 0.5) is 0 Å². The van der Waals surface area contributed by atoms with Gasteiger partial charge in [-0.25, -0.2) is 0 Å². The van der Waals surface area contributed by atoms with Crippen molar-refractivity contribution < 1.29 is 4.79 Å². The highest BCUT2D eigenvalue weighted by Gasteiger charge is 1.96. The minimum absolute atomic E-state index is 0.0526. The lowest BCUT2D eigenvalue weighted by Gasteiger charge is -1.96. The first-order valence-electron chi connectivity index (χ1n) is 3.51. The monoisotopic (exact) mass is 179 g/mol. The van der Waals surface area contributed by atoms with Crippen LogP contribution >= 0.6 is 11.8 Å². The van der Waals surface area contributed by atoms with Crippen molar-refractivity contribution in [2.75, 3.05) is 5.75 Å². The normalized spacial score (nSPS) is 9.33. The largest absolute Gasteiger partial charge is 0.294 e. The first-order valence-corrected chi connectivity index (χ1v) is 4.49. The number of allylic oxidation sites excluding steroid dienone is 1. The minimum Gasteiger partial charge on any atom is -0.294 e. The third kappa shape index (κ3) is 2.88. The van der Waals surface area contributed by atoms with Crippen molar-refractivity contribution in [1.29, 1.82) is 0 Å². The van der Waals surface area contributed by atoms with Gasteiger partial charge in [0.05, 0.1) is 5.75 Å². The van der Waals surface area contributed by atoms with E-state index in [9.17, 15) is 4.79 Å². The lowest BCUT2D eigenvalue weighted by molar-refractivity contribution is -0.112. The number of nitrogens with zero attached hydrogens (tertiary/aromatic N) is 1. The molecule has 1 heterocycles. The molecule has 12 heavy (non-hydrogen) atoms.